The Labute approximate surface area is 172 Å². The van der Waals surface area contributed by atoms with Gasteiger partial charge in [0.15, 0.2) is 0 Å². The summed E-state index contributed by atoms with van der Waals surface area (Å²) in [5, 5.41) is 9.61. The third kappa shape index (κ3) is 10.5. The quantitative estimate of drug-likeness (QED) is 0.217. The molecule has 1 aromatic carbocycles. The van der Waals surface area contributed by atoms with Crippen molar-refractivity contribution in [1.29, 1.82) is 0 Å². The van der Waals surface area contributed by atoms with Gasteiger partial charge in [0.05, 0.1) is 5.92 Å². The van der Waals surface area contributed by atoms with Gasteiger partial charge in [-0.3, -0.25) is 4.79 Å². The van der Waals surface area contributed by atoms with Gasteiger partial charge >= 0.3 is 5.97 Å². The minimum Gasteiger partial charge on any atom is -0.481 e. The lowest BCUT2D eigenvalue weighted by molar-refractivity contribution is -0.139. The van der Waals surface area contributed by atoms with Crippen molar-refractivity contribution in [2.45, 2.75) is 96.3 Å². The Morgan fingerprint density at radius 1 is 0.929 bits per heavy atom. The van der Waals surface area contributed by atoms with Crippen molar-refractivity contribution >= 4 is 12.0 Å². The highest BCUT2D eigenvalue weighted by Gasteiger charge is 2.21. The molecule has 1 N–H and O–H groups in total. The van der Waals surface area contributed by atoms with Crippen molar-refractivity contribution in [1.82, 2.24) is 0 Å². The first-order valence-corrected chi connectivity index (χ1v) is 11.3. The van der Waals surface area contributed by atoms with Crippen molar-refractivity contribution in [3.8, 4) is 0 Å². The van der Waals surface area contributed by atoms with Crippen molar-refractivity contribution in [2.75, 3.05) is 0 Å². The number of hydrogen-bond acceptors (Lipinski definition) is 1. The summed E-state index contributed by atoms with van der Waals surface area (Å²) in [5.41, 5.74) is 1.83. The van der Waals surface area contributed by atoms with Gasteiger partial charge in [0.1, 0.15) is 0 Å². The predicted octanol–water partition coefficient (Wildman–Crippen LogP) is 8.15. The zero-order chi connectivity index (χ0) is 20.5. The molecule has 0 aliphatic rings. The van der Waals surface area contributed by atoms with Crippen LogP contribution in [0.2, 0.25) is 0 Å². The molecule has 0 radical (unpaired) electrons. The van der Waals surface area contributed by atoms with E-state index in [9.17, 15) is 9.90 Å². The summed E-state index contributed by atoms with van der Waals surface area (Å²) < 4.78 is 0. The average Bonchev–Trinajstić information content (AvgIpc) is 2.70. The summed E-state index contributed by atoms with van der Waals surface area (Å²) in [5.74, 6) is -1.15. The number of carboxylic acids is 1. The molecular formula is C26H40O2. The normalized spacial score (nSPS) is 12.3. The number of carboxylic acid groups (broad SMARTS) is 1. The molecule has 0 amide bonds. The molecule has 2 heteroatoms. The van der Waals surface area contributed by atoms with Gasteiger partial charge in [-0.1, -0.05) is 107 Å². The van der Waals surface area contributed by atoms with E-state index >= 15 is 0 Å². The van der Waals surface area contributed by atoms with E-state index < -0.39 is 11.9 Å². The first-order valence-electron chi connectivity index (χ1n) is 11.3. The number of hydrogen-bond donors (Lipinski definition) is 1. The highest BCUT2D eigenvalue weighted by molar-refractivity contribution is 5.78. The largest absolute Gasteiger partial charge is 0.481 e. The summed E-state index contributed by atoms with van der Waals surface area (Å²) in [6.45, 7) is 6.07. The third-order valence-electron chi connectivity index (χ3n) is 5.39. The van der Waals surface area contributed by atoms with Crippen LogP contribution in [0, 0.1) is 0 Å². The van der Waals surface area contributed by atoms with Crippen molar-refractivity contribution in [2.24, 2.45) is 0 Å². The van der Waals surface area contributed by atoms with Crippen LogP contribution in [-0.2, 0) is 4.79 Å². The van der Waals surface area contributed by atoms with Gasteiger partial charge in [-0.15, -0.1) is 0 Å². The molecule has 0 aliphatic heterocycles. The van der Waals surface area contributed by atoms with Crippen LogP contribution in [0.4, 0.5) is 0 Å². The van der Waals surface area contributed by atoms with Gasteiger partial charge in [0.25, 0.3) is 0 Å². The Morgan fingerprint density at radius 2 is 1.50 bits per heavy atom. The van der Waals surface area contributed by atoms with Gasteiger partial charge in [0, 0.05) is 0 Å². The van der Waals surface area contributed by atoms with Crippen LogP contribution in [0.25, 0.3) is 6.08 Å². The zero-order valence-corrected chi connectivity index (χ0v) is 17.9. The maximum Gasteiger partial charge on any atom is 0.310 e. The maximum absolute atomic E-state index is 11.7. The summed E-state index contributed by atoms with van der Waals surface area (Å²) in [6.07, 6.45) is 22.1. The van der Waals surface area contributed by atoms with Gasteiger partial charge < -0.3 is 5.11 Å². The number of aliphatic carboxylic acids is 1. The molecule has 2 nitrogen and oxygen atoms in total. The lowest BCUT2D eigenvalue weighted by atomic mass is 9.89. The van der Waals surface area contributed by atoms with E-state index in [-0.39, 0.29) is 0 Å². The third-order valence-corrected chi connectivity index (χ3v) is 5.39. The number of allylic oxidation sites excluding steroid dienone is 2. The second-order valence-electron chi connectivity index (χ2n) is 7.74. The minimum atomic E-state index is -0.730. The zero-order valence-electron chi connectivity index (χ0n) is 17.9. The molecular weight excluding hydrogens is 344 g/mol. The smallest absolute Gasteiger partial charge is 0.310 e. The Morgan fingerprint density at radius 3 is 2.11 bits per heavy atom. The van der Waals surface area contributed by atoms with Crippen LogP contribution < -0.4 is 0 Å². The molecule has 1 unspecified atom stereocenters. The van der Waals surface area contributed by atoms with Gasteiger partial charge in [-0.05, 0) is 43.2 Å². The molecule has 28 heavy (non-hydrogen) atoms. The molecule has 1 rings (SSSR count). The van der Waals surface area contributed by atoms with E-state index in [0.717, 1.165) is 30.4 Å². The van der Waals surface area contributed by atoms with Crippen LogP contribution in [0.15, 0.2) is 43.0 Å². The number of carbonyl (C=O) groups is 1. The lowest BCUT2D eigenvalue weighted by Gasteiger charge is -2.15. The molecule has 0 heterocycles. The highest BCUT2D eigenvalue weighted by atomic mass is 16.4. The molecule has 0 spiro atoms. The summed E-state index contributed by atoms with van der Waals surface area (Å²) in [7, 11) is 0. The van der Waals surface area contributed by atoms with Crippen molar-refractivity contribution < 1.29 is 9.90 Å². The molecule has 0 fully saturated rings. The van der Waals surface area contributed by atoms with Crippen LogP contribution in [0.5, 0.6) is 0 Å². The van der Waals surface area contributed by atoms with Gasteiger partial charge in [0.2, 0.25) is 0 Å². The SMILES string of the molecule is C=Cc1ccccc1C(CCCCCC/C=C\CCCCCCCC)C(=O)O. The fraction of sp³-hybridized carbons (Fsp3) is 0.577. The van der Waals surface area contributed by atoms with Crippen molar-refractivity contribution in [3.05, 3.63) is 54.1 Å². The van der Waals surface area contributed by atoms with Crippen LogP contribution >= 0.6 is 0 Å². The average molecular weight is 385 g/mol. The minimum absolute atomic E-state index is 0.425. The van der Waals surface area contributed by atoms with E-state index in [2.05, 4.69) is 25.7 Å². The first-order chi connectivity index (χ1) is 13.7. The molecule has 0 bridgehead atoms. The number of rotatable bonds is 17. The molecule has 1 aromatic rings. The van der Waals surface area contributed by atoms with Crippen LogP contribution in [-0.4, -0.2) is 11.1 Å². The Kier molecular flexibility index (Phi) is 14.0. The summed E-state index contributed by atoms with van der Waals surface area (Å²) >= 11 is 0. The lowest BCUT2D eigenvalue weighted by Crippen LogP contribution is -2.12. The molecule has 0 aliphatic carbocycles. The van der Waals surface area contributed by atoms with E-state index in [1.165, 1.54) is 57.8 Å². The first kappa shape index (κ1) is 24.2. The summed E-state index contributed by atoms with van der Waals surface area (Å²) in [6, 6.07) is 7.70. The second-order valence-corrected chi connectivity index (χ2v) is 7.74. The summed E-state index contributed by atoms with van der Waals surface area (Å²) in [4.78, 5) is 11.7. The standard InChI is InChI=1S/C26H40O2/c1-3-5-6-7-8-9-10-11-12-13-14-15-16-17-22-25(26(27)28)24-21-19-18-20-23(24)4-2/h4,11-12,18-21,25H,2-3,5-10,13-17,22H2,1H3,(H,27,28)/b12-11-. The van der Waals surface area contributed by atoms with E-state index in [4.69, 9.17) is 0 Å². The Bertz CT molecular complexity index is 574. The highest BCUT2D eigenvalue weighted by Crippen LogP contribution is 2.27. The molecule has 1 atom stereocenters. The molecule has 0 saturated carbocycles. The van der Waals surface area contributed by atoms with E-state index in [0.29, 0.717) is 6.42 Å². The Balaban J connectivity index is 2.13. The molecule has 156 valence electrons. The monoisotopic (exact) mass is 384 g/mol. The van der Waals surface area contributed by atoms with E-state index in [1.807, 2.05) is 24.3 Å². The number of benzene rings is 1. The predicted molar refractivity (Wildman–Crippen MR) is 122 cm³/mol. The van der Waals surface area contributed by atoms with Crippen molar-refractivity contribution in [3.63, 3.8) is 0 Å². The Hall–Kier alpha value is -1.83. The van der Waals surface area contributed by atoms with Gasteiger partial charge in [-0.25, -0.2) is 0 Å². The second kappa shape index (κ2) is 16.2. The fourth-order valence-corrected chi connectivity index (χ4v) is 3.67. The van der Waals surface area contributed by atoms with Gasteiger partial charge in [-0.2, -0.15) is 0 Å². The topological polar surface area (TPSA) is 37.3 Å². The molecule has 0 saturated heterocycles. The van der Waals surface area contributed by atoms with Crippen LogP contribution in [0.1, 0.15) is 107 Å². The number of unbranched alkanes of at least 4 members (excludes halogenated alkanes) is 10. The fourth-order valence-electron chi connectivity index (χ4n) is 3.67. The molecule has 0 aromatic heterocycles. The maximum atomic E-state index is 11.7. The van der Waals surface area contributed by atoms with Crippen LogP contribution in [0.3, 0.4) is 0 Å². The van der Waals surface area contributed by atoms with E-state index in [1.54, 1.807) is 6.08 Å².